The van der Waals surface area contributed by atoms with E-state index in [9.17, 15) is 0 Å². The molecule has 0 radical (unpaired) electrons. The van der Waals surface area contributed by atoms with Crippen LogP contribution in [0, 0.1) is 5.92 Å². The summed E-state index contributed by atoms with van der Waals surface area (Å²) in [4.78, 5) is 0. The molecule has 3 heteroatoms. The first-order valence-corrected chi connectivity index (χ1v) is 7.93. The van der Waals surface area contributed by atoms with Crippen molar-refractivity contribution in [3.8, 4) is 0 Å². The van der Waals surface area contributed by atoms with Crippen LogP contribution >= 0.6 is 0 Å². The molecule has 1 saturated heterocycles. The predicted molar refractivity (Wildman–Crippen MR) is 48.6 cm³/mol. The van der Waals surface area contributed by atoms with Crippen LogP contribution in [0.1, 0.15) is 32.1 Å². The quantitative estimate of drug-likeness (QED) is 0.688. The maximum absolute atomic E-state index is 5.89. The van der Waals surface area contributed by atoms with Gasteiger partial charge in [-0.3, -0.25) is 0 Å². The molecule has 0 aromatic carbocycles. The molecule has 0 bridgehead atoms. The van der Waals surface area contributed by atoms with E-state index in [2.05, 4.69) is 19.8 Å². The summed E-state index contributed by atoms with van der Waals surface area (Å²) in [6.07, 6.45) is 7.07. The Balaban J connectivity index is 1.73. The SMILES string of the molecule is [Pt][C]1([SiH2]CC2CC2)CCCCO1. The first kappa shape index (κ1) is 9.42. The Hall–Kier alpha value is 0.865. The van der Waals surface area contributed by atoms with Gasteiger partial charge in [0.15, 0.2) is 0 Å². The van der Waals surface area contributed by atoms with Gasteiger partial charge < -0.3 is 0 Å². The summed E-state index contributed by atoms with van der Waals surface area (Å²) in [6.45, 7) is 1.03. The van der Waals surface area contributed by atoms with E-state index in [1.165, 1.54) is 32.1 Å². The fraction of sp³-hybridized carbons (Fsp3) is 1.00. The minimum absolute atomic E-state index is 0.0495. The number of ether oxygens (including phenoxy) is 1. The molecule has 0 aromatic heterocycles. The fourth-order valence-electron chi connectivity index (χ4n) is 1.82. The molecule has 0 spiro atoms. The van der Waals surface area contributed by atoms with Crippen molar-refractivity contribution in [1.29, 1.82) is 0 Å². The van der Waals surface area contributed by atoms with Crippen LogP contribution in [0.3, 0.4) is 0 Å². The second kappa shape index (κ2) is 3.94. The van der Waals surface area contributed by atoms with Crippen molar-refractivity contribution in [2.75, 3.05) is 6.61 Å². The zero-order valence-electron chi connectivity index (χ0n) is 7.46. The normalized spacial score (nSPS) is 37.8. The van der Waals surface area contributed by atoms with Crippen LogP contribution in [0.25, 0.3) is 0 Å². The predicted octanol–water partition coefficient (Wildman–Crippen LogP) is 1.38. The second-order valence-electron chi connectivity index (χ2n) is 4.11. The van der Waals surface area contributed by atoms with Gasteiger partial charge in [-0.05, 0) is 0 Å². The Bertz CT molecular complexity index is 153. The van der Waals surface area contributed by atoms with Crippen LogP contribution in [0.4, 0.5) is 0 Å². The number of hydrogen-bond acceptors (Lipinski definition) is 1. The van der Waals surface area contributed by atoms with E-state index in [1.807, 2.05) is 0 Å². The molecule has 1 saturated carbocycles. The van der Waals surface area contributed by atoms with E-state index in [1.54, 1.807) is 6.04 Å². The average Bonchev–Trinajstić information content (AvgIpc) is 2.85. The van der Waals surface area contributed by atoms with E-state index in [0.717, 1.165) is 12.5 Å². The molecule has 1 nitrogen and oxygen atoms in total. The number of hydrogen-bond donors (Lipinski definition) is 0. The third kappa shape index (κ3) is 2.68. The van der Waals surface area contributed by atoms with Crippen LogP contribution in [-0.2, 0) is 24.6 Å². The van der Waals surface area contributed by atoms with Gasteiger partial charge in [0.1, 0.15) is 0 Å². The molecule has 0 aromatic rings. The van der Waals surface area contributed by atoms with E-state index in [0.29, 0.717) is 3.61 Å². The topological polar surface area (TPSA) is 9.23 Å². The first-order valence-electron chi connectivity index (χ1n) is 5.08. The zero-order valence-corrected chi connectivity index (χ0v) is 11.1. The van der Waals surface area contributed by atoms with Gasteiger partial charge in [-0.2, -0.15) is 0 Å². The molecular formula is C9H17OPtSi. The number of rotatable bonds is 3. The van der Waals surface area contributed by atoms with Crippen LogP contribution in [-0.4, -0.2) is 19.7 Å². The molecule has 1 unspecified atom stereocenters. The van der Waals surface area contributed by atoms with Gasteiger partial charge in [0.25, 0.3) is 0 Å². The van der Waals surface area contributed by atoms with Crippen LogP contribution in [0.5, 0.6) is 0 Å². The Labute approximate surface area is 88.4 Å². The van der Waals surface area contributed by atoms with Crippen molar-refractivity contribution >= 4 is 9.52 Å². The van der Waals surface area contributed by atoms with E-state index < -0.39 is 0 Å². The van der Waals surface area contributed by atoms with Crippen LogP contribution < -0.4 is 0 Å². The van der Waals surface area contributed by atoms with Gasteiger partial charge in [-0.1, -0.05) is 0 Å². The summed E-state index contributed by atoms with van der Waals surface area (Å²) in [5.74, 6) is 1.12. The molecule has 2 fully saturated rings. The molecule has 0 amide bonds. The summed E-state index contributed by atoms with van der Waals surface area (Å²) in [5, 5.41) is 0. The molecule has 2 aliphatic rings. The van der Waals surface area contributed by atoms with Gasteiger partial charge in [0.2, 0.25) is 0 Å². The van der Waals surface area contributed by atoms with Crippen molar-refractivity contribution in [3.05, 3.63) is 0 Å². The molecule has 2 rings (SSSR count). The Kier molecular flexibility index (Phi) is 3.09. The van der Waals surface area contributed by atoms with Crippen molar-refractivity contribution in [1.82, 2.24) is 0 Å². The Morgan fingerprint density at radius 3 is 2.83 bits per heavy atom. The average molecular weight is 364 g/mol. The van der Waals surface area contributed by atoms with Gasteiger partial charge in [0, 0.05) is 0 Å². The third-order valence-corrected chi connectivity index (χ3v) is 7.87. The maximum atomic E-state index is 5.89. The van der Waals surface area contributed by atoms with Crippen LogP contribution in [0.2, 0.25) is 6.04 Å². The Morgan fingerprint density at radius 2 is 2.25 bits per heavy atom. The van der Waals surface area contributed by atoms with Crippen molar-refractivity contribution < 1.29 is 24.6 Å². The molecule has 0 N–H and O–H groups in total. The molecule has 73 valence electrons. The summed E-state index contributed by atoms with van der Waals surface area (Å²) >= 11 is 2.57. The third-order valence-electron chi connectivity index (χ3n) is 2.89. The van der Waals surface area contributed by atoms with E-state index in [-0.39, 0.29) is 9.52 Å². The molecule has 1 atom stereocenters. The van der Waals surface area contributed by atoms with E-state index in [4.69, 9.17) is 4.74 Å². The van der Waals surface area contributed by atoms with E-state index >= 15 is 0 Å². The summed E-state index contributed by atoms with van der Waals surface area (Å²) in [6, 6.07) is 1.55. The second-order valence-corrected chi connectivity index (χ2v) is 9.88. The first-order chi connectivity index (χ1) is 5.79. The molecular weight excluding hydrogens is 347 g/mol. The van der Waals surface area contributed by atoms with Crippen molar-refractivity contribution in [2.24, 2.45) is 5.92 Å². The molecule has 1 aliphatic heterocycles. The molecule has 1 heterocycles. The Morgan fingerprint density at radius 1 is 1.42 bits per heavy atom. The summed E-state index contributed by atoms with van der Waals surface area (Å²) in [7, 11) is 0.0495. The zero-order chi connectivity index (χ0) is 8.44. The minimum atomic E-state index is 0.0495. The van der Waals surface area contributed by atoms with Crippen LogP contribution in [0.15, 0.2) is 0 Å². The fourth-order valence-corrected chi connectivity index (χ4v) is 5.62. The van der Waals surface area contributed by atoms with Gasteiger partial charge in [-0.25, -0.2) is 0 Å². The van der Waals surface area contributed by atoms with Gasteiger partial charge >= 0.3 is 88.4 Å². The molecule has 1 aliphatic carbocycles. The van der Waals surface area contributed by atoms with Crippen molar-refractivity contribution in [3.63, 3.8) is 0 Å². The standard InChI is InChI=1S/C9H17OSi.Pt/c1-2-6-10-9(3-1)11-7-8-4-5-8;/h8H,1-7,11H2;. The monoisotopic (exact) mass is 364 g/mol. The van der Waals surface area contributed by atoms with Gasteiger partial charge in [0.05, 0.1) is 0 Å². The summed E-state index contributed by atoms with van der Waals surface area (Å²) < 4.78 is 6.25. The van der Waals surface area contributed by atoms with Gasteiger partial charge in [-0.15, -0.1) is 0 Å². The summed E-state index contributed by atoms with van der Waals surface area (Å²) in [5.41, 5.74) is 0. The van der Waals surface area contributed by atoms with Crippen molar-refractivity contribution in [2.45, 2.75) is 41.8 Å². The molecule has 12 heavy (non-hydrogen) atoms.